The zero-order chi connectivity index (χ0) is 10.6. The molecule has 0 saturated heterocycles. The molecule has 1 unspecified atom stereocenters. The number of ether oxygens (including phenoxy) is 1. The summed E-state index contributed by atoms with van der Waals surface area (Å²) in [5.74, 6) is -0.569. The first kappa shape index (κ1) is 12.1. The van der Waals surface area contributed by atoms with Crippen molar-refractivity contribution in [3.05, 3.63) is 12.2 Å². The lowest BCUT2D eigenvalue weighted by Crippen LogP contribution is -2.39. The van der Waals surface area contributed by atoms with Crippen LogP contribution in [0.15, 0.2) is 12.2 Å². The molecule has 0 aromatic carbocycles. The number of aliphatic hydroxyl groups excluding tert-OH is 1. The summed E-state index contributed by atoms with van der Waals surface area (Å²) in [5.41, 5.74) is 4.71. The van der Waals surface area contributed by atoms with E-state index >= 15 is 0 Å². The standard InChI is InChI=1S/C9H17NO3/c1-6(8(10)12)9(2,3)7(5-11)13-4/h7,11H,1,5H2,2-4H3,(H2,10,12). The average Bonchev–Trinajstić information content (AvgIpc) is 2.04. The lowest BCUT2D eigenvalue weighted by atomic mass is 9.79. The predicted molar refractivity (Wildman–Crippen MR) is 50.0 cm³/mol. The Morgan fingerprint density at radius 1 is 1.69 bits per heavy atom. The maximum atomic E-state index is 10.9. The molecule has 76 valence electrons. The van der Waals surface area contributed by atoms with E-state index in [4.69, 9.17) is 15.6 Å². The van der Waals surface area contributed by atoms with E-state index in [9.17, 15) is 4.79 Å². The first-order chi connectivity index (χ1) is 5.87. The molecule has 1 amide bonds. The van der Waals surface area contributed by atoms with E-state index in [0.29, 0.717) is 0 Å². The van der Waals surface area contributed by atoms with Gasteiger partial charge in [0.05, 0.1) is 12.7 Å². The summed E-state index contributed by atoms with van der Waals surface area (Å²) in [4.78, 5) is 10.9. The van der Waals surface area contributed by atoms with Crippen molar-refractivity contribution in [1.82, 2.24) is 0 Å². The fourth-order valence-electron chi connectivity index (χ4n) is 1.11. The van der Waals surface area contributed by atoms with Crippen LogP contribution in [0.1, 0.15) is 13.8 Å². The summed E-state index contributed by atoms with van der Waals surface area (Å²) in [6, 6.07) is 0. The third-order valence-electron chi connectivity index (χ3n) is 2.33. The molecule has 4 nitrogen and oxygen atoms in total. The van der Waals surface area contributed by atoms with Crippen LogP contribution in [0, 0.1) is 5.41 Å². The van der Waals surface area contributed by atoms with Gasteiger partial charge in [0.25, 0.3) is 0 Å². The SMILES string of the molecule is C=C(C(N)=O)C(C)(C)C(CO)OC. The fourth-order valence-corrected chi connectivity index (χ4v) is 1.11. The molecule has 0 spiro atoms. The molecule has 0 radical (unpaired) electrons. The quantitative estimate of drug-likeness (QED) is 0.598. The largest absolute Gasteiger partial charge is 0.394 e. The minimum atomic E-state index is -0.644. The van der Waals surface area contributed by atoms with Gasteiger partial charge in [0.1, 0.15) is 0 Å². The number of aliphatic hydroxyl groups is 1. The first-order valence-corrected chi connectivity index (χ1v) is 4.00. The van der Waals surface area contributed by atoms with Crippen LogP contribution in [-0.4, -0.2) is 30.8 Å². The maximum absolute atomic E-state index is 10.9. The molecule has 3 N–H and O–H groups in total. The average molecular weight is 187 g/mol. The number of hydrogen-bond donors (Lipinski definition) is 2. The lowest BCUT2D eigenvalue weighted by molar-refractivity contribution is -0.116. The van der Waals surface area contributed by atoms with Gasteiger partial charge in [0.2, 0.25) is 5.91 Å². The normalized spacial score (nSPS) is 13.8. The van der Waals surface area contributed by atoms with Crippen molar-refractivity contribution in [2.45, 2.75) is 20.0 Å². The number of hydrogen-bond acceptors (Lipinski definition) is 3. The molecule has 4 heteroatoms. The first-order valence-electron chi connectivity index (χ1n) is 4.00. The summed E-state index contributed by atoms with van der Waals surface area (Å²) in [5, 5.41) is 8.97. The second-order valence-electron chi connectivity index (χ2n) is 3.47. The van der Waals surface area contributed by atoms with E-state index in [1.165, 1.54) is 7.11 Å². The summed E-state index contributed by atoms with van der Waals surface area (Å²) in [7, 11) is 1.47. The van der Waals surface area contributed by atoms with Crippen molar-refractivity contribution in [3.63, 3.8) is 0 Å². The Kier molecular flexibility index (Phi) is 4.10. The minimum absolute atomic E-state index is 0.171. The van der Waals surface area contributed by atoms with Crippen LogP contribution in [0.3, 0.4) is 0 Å². The molecule has 0 aromatic heterocycles. The third-order valence-corrected chi connectivity index (χ3v) is 2.33. The summed E-state index contributed by atoms with van der Waals surface area (Å²) < 4.78 is 5.02. The molecule has 0 rings (SSSR count). The molecule has 13 heavy (non-hydrogen) atoms. The smallest absolute Gasteiger partial charge is 0.244 e. The van der Waals surface area contributed by atoms with Gasteiger partial charge in [-0.15, -0.1) is 0 Å². The van der Waals surface area contributed by atoms with Crippen LogP contribution < -0.4 is 5.73 Å². The maximum Gasteiger partial charge on any atom is 0.244 e. The van der Waals surface area contributed by atoms with Crippen molar-refractivity contribution < 1.29 is 14.6 Å². The van der Waals surface area contributed by atoms with Crippen LogP contribution in [0.4, 0.5) is 0 Å². The second kappa shape index (κ2) is 4.39. The highest BCUT2D eigenvalue weighted by Gasteiger charge is 2.34. The summed E-state index contributed by atoms with van der Waals surface area (Å²) in [6.07, 6.45) is -0.465. The molecule has 0 aliphatic rings. The monoisotopic (exact) mass is 187 g/mol. The highest BCUT2D eigenvalue weighted by molar-refractivity contribution is 5.92. The molecular formula is C9H17NO3. The van der Waals surface area contributed by atoms with Crippen LogP contribution in [-0.2, 0) is 9.53 Å². The number of nitrogens with two attached hydrogens (primary N) is 1. The zero-order valence-electron chi connectivity index (χ0n) is 8.33. The highest BCUT2D eigenvalue weighted by atomic mass is 16.5. The molecule has 0 bridgehead atoms. The molecule has 0 aliphatic heterocycles. The summed E-state index contributed by atoms with van der Waals surface area (Å²) >= 11 is 0. The van der Waals surface area contributed by atoms with Crippen molar-refractivity contribution in [2.75, 3.05) is 13.7 Å². The van der Waals surface area contributed by atoms with Crippen molar-refractivity contribution in [2.24, 2.45) is 11.1 Å². The van der Waals surface area contributed by atoms with E-state index in [-0.39, 0.29) is 12.2 Å². The minimum Gasteiger partial charge on any atom is -0.394 e. The molecule has 1 atom stereocenters. The van der Waals surface area contributed by atoms with Crippen molar-refractivity contribution in [3.8, 4) is 0 Å². The van der Waals surface area contributed by atoms with Gasteiger partial charge in [-0.3, -0.25) is 4.79 Å². The van der Waals surface area contributed by atoms with E-state index in [0.717, 1.165) is 0 Å². The molecular weight excluding hydrogens is 170 g/mol. The predicted octanol–water partition coefficient (Wildman–Crippen LogP) is 0.0614. The van der Waals surface area contributed by atoms with Crippen molar-refractivity contribution in [1.29, 1.82) is 0 Å². The Morgan fingerprint density at radius 2 is 2.15 bits per heavy atom. The Morgan fingerprint density at radius 3 is 2.38 bits per heavy atom. The van der Waals surface area contributed by atoms with E-state index in [1.54, 1.807) is 13.8 Å². The van der Waals surface area contributed by atoms with Gasteiger partial charge < -0.3 is 15.6 Å². The van der Waals surface area contributed by atoms with Gasteiger partial charge in [-0.25, -0.2) is 0 Å². The van der Waals surface area contributed by atoms with Gasteiger partial charge in [-0.2, -0.15) is 0 Å². The Labute approximate surface area is 78.4 Å². The van der Waals surface area contributed by atoms with Crippen molar-refractivity contribution >= 4 is 5.91 Å². The number of carbonyl (C=O) groups is 1. The molecule has 0 aliphatic carbocycles. The zero-order valence-corrected chi connectivity index (χ0v) is 8.33. The summed E-state index contributed by atoms with van der Waals surface area (Å²) in [6.45, 7) is 6.92. The van der Waals surface area contributed by atoms with Gasteiger partial charge in [-0.05, 0) is 0 Å². The van der Waals surface area contributed by atoms with Gasteiger partial charge >= 0.3 is 0 Å². The fraction of sp³-hybridized carbons (Fsp3) is 0.667. The number of amides is 1. The van der Waals surface area contributed by atoms with Crippen LogP contribution in [0.25, 0.3) is 0 Å². The number of carbonyl (C=O) groups excluding carboxylic acids is 1. The lowest BCUT2D eigenvalue weighted by Gasteiger charge is -2.32. The van der Waals surface area contributed by atoms with Gasteiger partial charge in [0.15, 0.2) is 0 Å². The van der Waals surface area contributed by atoms with Gasteiger partial charge in [0, 0.05) is 18.1 Å². The van der Waals surface area contributed by atoms with Crippen LogP contribution in [0.2, 0.25) is 0 Å². The van der Waals surface area contributed by atoms with E-state index < -0.39 is 17.4 Å². The Bertz CT molecular complexity index is 207. The topological polar surface area (TPSA) is 72.6 Å². The van der Waals surface area contributed by atoms with Crippen LogP contribution in [0.5, 0.6) is 0 Å². The highest BCUT2D eigenvalue weighted by Crippen LogP contribution is 2.30. The number of primary amides is 1. The molecule has 0 aromatic rings. The third kappa shape index (κ3) is 2.54. The van der Waals surface area contributed by atoms with Gasteiger partial charge in [-0.1, -0.05) is 20.4 Å². The second-order valence-corrected chi connectivity index (χ2v) is 3.47. The molecule has 0 heterocycles. The number of rotatable bonds is 5. The molecule has 0 fully saturated rings. The Hall–Kier alpha value is -0.870. The Balaban J connectivity index is 4.71. The van der Waals surface area contributed by atoms with Crippen LogP contribution >= 0.6 is 0 Å². The van der Waals surface area contributed by atoms with E-state index in [2.05, 4.69) is 6.58 Å². The van der Waals surface area contributed by atoms with E-state index in [1.807, 2.05) is 0 Å². The molecule has 0 saturated carbocycles. The number of methoxy groups -OCH3 is 1.